The van der Waals surface area contributed by atoms with Crippen molar-refractivity contribution in [2.75, 3.05) is 39.5 Å². The summed E-state index contributed by atoms with van der Waals surface area (Å²) in [5.41, 5.74) is 0. The number of ether oxygens (including phenoxy) is 3. The lowest BCUT2D eigenvalue weighted by atomic mass is 10.3. The number of rotatable bonds is 15. The molecule has 3 aromatic carbocycles. The third-order valence-electron chi connectivity index (χ3n) is 5.56. The molecule has 0 aliphatic carbocycles. The molecule has 0 amide bonds. The Bertz CT molecular complexity index is 1000. The summed E-state index contributed by atoms with van der Waals surface area (Å²) in [5, 5.41) is 58.4. The van der Waals surface area contributed by atoms with Crippen LogP contribution in [0.4, 0.5) is 0 Å². The predicted molar refractivity (Wildman–Crippen MR) is 146 cm³/mol. The molecular weight excluding hydrogens is 562 g/mol. The van der Waals surface area contributed by atoms with Gasteiger partial charge >= 0.3 is 0 Å². The molecule has 0 saturated heterocycles. The number of hydrogen-bond acceptors (Lipinski definition) is 10. The fourth-order valence-electron chi connectivity index (χ4n) is 3.63. The van der Waals surface area contributed by atoms with Crippen LogP contribution in [0.25, 0.3) is 0 Å². The van der Waals surface area contributed by atoms with Crippen molar-refractivity contribution in [3.05, 3.63) is 54.6 Å². The van der Waals surface area contributed by atoms with Crippen LogP contribution in [0.5, 0.6) is 51.7 Å². The van der Waals surface area contributed by atoms with Crippen LogP contribution >= 0.6 is 17.0 Å². The monoisotopic (exact) mass is 595 g/mol. The van der Waals surface area contributed by atoms with Gasteiger partial charge in [0.25, 0.3) is 0 Å². The molecule has 0 aliphatic heterocycles. The van der Waals surface area contributed by atoms with E-state index in [1.54, 1.807) is 36.4 Å². The van der Waals surface area contributed by atoms with Gasteiger partial charge in [-0.05, 0) is 55.7 Å². The molecule has 3 aromatic rings. The predicted octanol–water partition coefficient (Wildman–Crippen LogP) is 4.51. The first-order valence-electron chi connectivity index (χ1n) is 12.0. The molecular formula is C27H34BrNO9. The zero-order chi connectivity index (χ0) is 26.6. The smallest absolute Gasteiger partial charge is 0.200 e. The minimum Gasteiger partial charge on any atom is -0.504 e. The van der Waals surface area contributed by atoms with Gasteiger partial charge in [0.1, 0.15) is 0 Å². The van der Waals surface area contributed by atoms with Crippen LogP contribution in [-0.2, 0) is 0 Å². The highest BCUT2D eigenvalue weighted by molar-refractivity contribution is 8.93. The van der Waals surface area contributed by atoms with E-state index in [4.69, 9.17) is 14.2 Å². The van der Waals surface area contributed by atoms with Crippen molar-refractivity contribution in [3.8, 4) is 51.7 Å². The van der Waals surface area contributed by atoms with Crippen molar-refractivity contribution >= 4 is 17.0 Å². The zero-order valence-corrected chi connectivity index (χ0v) is 22.5. The largest absolute Gasteiger partial charge is 0.504 e. The molecule has 208 valence electrons. The van der Waals surface area contributed by atoms with Gasteiger partial charge in [-0.25, -0.2) is 0 Å². The molecule has 6 N–H and O–H groups in total. The first kappa shape index (κ1) is 30.5. The summed E-state index contributed by atoms with van der Waals surface area (Å²) in [6.45, 7) is 3.01. The second-order valence-corrected chi connectivity index (χ2v) is 8.32. The van der Waals surface area contributed by atoms with E-state index < -0.39 is 0 Å². The molecule has 0 heterocycles. The lowest BCUT2D eigenvalue weighted by Crippen LogP contribution is -2.30. The number of phenols is 6. The average molecular weight is 596 g/mol. The number of hydrogen-bond donors (Lipinski definition) is 6. The van der Waals surface area contributed by atoms with E-state index in [1.165, 1.54) is 18.2 Å². The maximum Gasteiger partial charge on any atom is 0.200 e. The molecule has 11 heteroatoms. The second kappa shape index (κ2) is 15.5. The summed E-state index contributed by atoms with van der Waals surface area (Å²) in [7, 11) is 0. The Morgan fingerprint density at radius 1 is 0.474 bits per heavy atom. The van der Waals surface area contributed by atoms with Gasteiger partial charge in [0.15, 0.2) is 34.5 Å². The van der Waals surface area contributed by atoms with Crippen molar-refractivity contribution in [3.63, 3.8) is 0 Å². The van der Waals surface area contributed by atoms with Crippen LogP contribution in [-0.4, -0.2) is 75.0 Å². The SMILES string of the molecule is Br.Oc1cccc(OCCCN(CCCOc2cccc(O)c2O)CCCOc2cccc(O)c2O)c1O. The third kappa shape index (κ3) is 9.00. The quantitative estimate of drug-likeness (QED) is 0.109. The fourth-order valence-corrected chi connectivity index (χ4v) is 3.63. The summed E-state index contributed by atoms with van der Waals surface area (Å²) in [6.07, 6.45) is 1.95. The van der Waals surface area contributed by atoms with E-state index in [2.05, 4.69) is 4.90 Å². The molecule has 38 heavy (non-hydrogen) atoms. The Hall–Kier alpha value is -3.70. The highest BCUT2D eigenvalue weighted by Gasteiger charge is 2.11. The number of para-hydroxylation sites is 3. The Morgan fingerprint density at radius 3 is 1.05 bits per heavy atom. The van der Waals surface area contributed by atoms with Gasteiger partial charge in [-0.3, -0.25) is 0 Å². The van der Waals surface area contributed by atoms with Gasteiger partial charge in [-0.1, -0.05) is 18.2 Å². The molecule has 0 bridgehead atoms. The minimum absolute atomic E-state index is 0. The maximum atomic E-state index is 9.87. The van der Waals surface area contributed by atoms with Gasteiger partial charge in [-0.15, -0.1) is 17.0 Å². The number of nitrogens with zero attached hydrogens (tertiary/aromatic N) is 1. The van der Waals surface area contributed by atoms with E-state index in [-0.39, 0.29) is 68.7 Å². The summed E-state index contributed by atoms with van der Waals surface area (Å²) in [5.74, 6) is -0.961. The minimum atomic E-state index is -0.293. The molecule has 0 saturated carbocycles. The van der Waals surface area contributed by atoms with Crippen molar-refractivity contribution in [2.45, 2.75) is 19.3 Å². The maximum absolute atomic E-state index is 9.87. The van der Waals surface area contributed by atoms with Gasteiger partial charge in [-0.2, -0.15) is 0 Å². The topological polar surface area (TPSA) is 152 Å². The summed E-state index contributed by atoms with van der Waals surface area (Å²) in [6, 6.07) is 13.6. The van der Waals surface area contributed by atoms with E-state index in [0.717, 1.165) is 0 Å². The van der Waals surface area contributed by atoms with Crippen molar-refractivity contribution in [1.29, 1.82) is 0 Å². The van der Waals surface area contributed by atoms with E-state index in [9.17, 15) is 30.6 Å². The number of aromatic hydroxyl groups is 6. The zero-order valence-electron chi connectivity index (χ0n) is 20.8. The Morgan fingerprint density at radius 2 is 0.763 bits per heavy atom. The summed E-state index contributed by atoms with van der Waals surface area (Å²) < 4.78 is 16.8. The summed E-state index contributed by atoms with van der Waals surface area (Å²) >= 11 is 0. The van der Waals surface area contributed by atoms with E-state index in [1.807, 2.05) is 0 Å². The lowest BCUT2D eigenvalue weighted by Gasteiger charge is -2.23. The standard InChI is InChI=1S/C27H33NO9.BrH/c29-19-7-1-10-22(25(19)32)35-16-4-13-28(14-5-17-36-23-11-2-8-20(30)26(23)33)15-6-18-37-24-12-3-9-21(31)27(24)34;/h1-3,7-12,29-34H,4-6,13-18H2;1H. The fraction of sp³-hybridized carbons (Fsp3) is 0.333. The van der Waals surface area contributed by atoms with Crippen LogP contribution in [0.15, 0.2) is 54.6 Å². The normalized spacial score (nSPS) is 10.7. The van der Waals surface area contributed by atoms with Crippen LogP contribution in [0.3, 0.4) is 0 Å². The molecule has 0 radical (unpaired) electrons. The van der Waals surface area contributed by atoms with Crippen molar-refractivity contribution in [1.82, 2.24) is 4.90 Å². The molecule has 0 aromatic heterocycles. The molecule has 10 nitrogen and oxygen atoms in total. The van der Waals surface area contributed by atoms with Gasteiger partial charge in [0.2, 0.25) is 17.2 Å². The van der Waals surface area contributed by atoms with E-state index >= 15 is 0 Å². The number of phenolic OH excluding ortho intramolecular Hbond substituents is 6. The van der Waals surface area contributed by atoms with Crippen LogP contribution in [0.1, 0.15) is 19.3 Å². The molecule has 0 unspecified atom stereocenters. The molecule has 0 atom stereocenters. The highest BCUT2D eigenvalue weighted by atomic mass is 79.9. The van der Waals surface area contributed by atoms with E-state index in [0.29, 0.717) is 58.7 Å². The van der Waals surface area contributed by atoms with Gasteiger partial charge in [0, 0.05) is 19.6 Å². The number of benzene rings is 3. The van der Waals surface area contributed by atoms with Gasteiger partial charge in [0.05, 0.1) is 19.8 Å². The van der Waals surface area contributed by atoms with Gasteiger partial charge < -0.3 is 49.7 Å². The lowest BCUT2D eigenvalue weighted by molar-refractivity contribution is 0.194. The van der Waals surface area contributed by atoms with Crippen molar-refractivity contribution in [2.24, 2.45) is 0 Å². The highest BCUT2D eigenvalue weighted by Crippen LogP contribution is 2.36. The average Bonchev–Trinajstić information content (AvgIpc) is 2.88. The molecule has 0 spiro atoms. The summed E-state index contributed by atoms with van der Waals surface area (Å²) in [4.78, 5) is 2.18. The first-order chi connectivity index (χ1) is 17.9. The molecule has 0 fully saturated rings. The van der Waals surface area contributed by atoms with Crippen LogP contribution in [0.2, 0.25) is 0 Å². The van der Waals surface area contributed by atoms with Crippen molar-refractivity contribution < 1.29 is 44.8 Å². The first-order valence-corrected chi connectivity index (χ1v) is 12.0. The Labute approximate surface area is 231 Å². The third-order valence-corrected chi connectivity index (χ3v) is 5.56. The second-order valence-electron chi connectivity index (χ2n) is 8.32. The Kier molecular flexibility index (Phi) is 12.5. The number of halogens is 1. The van der Waals surface area contributed by atoms with Crippen LogP contribution in [0, 0.1) is 0 Å². The Balaban J connectivity index is 0.00000507. The molecule has 3 rings (SSSR count). The molecule has 0 aliphatic rings. The van der Waals surface area contributed by atoms with Crippen LogP contribution < -0.4 is 14.2 Å².